The van der Waals surface area contributed by atoms with Crippen molar-refractivity contribution in [1.29, 1.82) is 0 Å². The van der Waals surface area contributed by atoms with Gasteiger partial charge in [0, 0.05) is 30.2 Å². The number of halogens is 3. The van der Waals surface area contributed by atoms with E-state index in [9.17, 15) is 27.6 Å². The quantitative estimate of drug-likeness (QED) is 0.608. The Bertz CT molecular complexity index is 1080. The standard InChI is InChI=1S/C22H24F3N3O4S/c1-3-32-20(31)15-7-9-27(10-8-15)19(30)14(2)28-11-12-33-21(28)26-18(29)16-5-4-6-17(13-16)22(23,24)25/h4-6,11-15H,3,7-10H2,1-2H3/t14-/m0/s1. The minimum atomic E-state index is -4.57. The molecule has 0 unspecified atom stereocenters. The Labute approximate surface area is 192 Å². The van der Waals surface area contributed by atoms with E-state index in [1.807, 2.05) is 0 Å². The number of likely N-dealkylation sites (tertiary alicyclic amines) is 1. The van der Waals surface area contributed by atoms with Crippen LogP contribution in [0.1, 0.15) is 48.7 Å². The van der Waals surface area contributed by atoms with Crippen LogP contribution in [-0.4, -0.2) is 46.9 Å². The number of rotatable bonds is 5. The number of hydrogen-bond acceptors (Lipinski definition) is 5. The molecule has 178 valence electrons. The van der Waals surface area contributed by atoms with Gasteiger partial charge in [-0.2, -0.15) is 18.2 Å². The van der Waals surface area contributed by atoms with E-state index in [4.69, 9.17) is 4.74 Å². The summed E-state index contributed by atoms with van der Waals surface area (Å²) in [6.07, 6.45) is -1.94. The summed E-state index contributed by atoms with van der Waals surface area (Å²) in [6.45, 7) is 4.55. The molecule has 1 saturated heterocycles. The van der Waals surface area contributed by atoms with Crippen LogP contribution in [0.2, 0.25) is 0 Å². The lowest BCUT2D eigenvalue weighted by Crippen LogP contribution is -2.44. The third kappa shape index (κ3) is 5.89. The molecule has 2 amide bonds. The Morgan fingerprint density at radius 2 is 1.94 bits per heavy atom. The molecule has 0 spiro atoms. The van der Waals surface area contributed by atoms with Crippen LogP contribution >= 0.6 is 11.3 Å². The second-order valence-corrected chi connectivity index (χ2v) is 8.49. The van der Waals surface area contributed by atoms with E-state index in [2.05, 4.69) is 4.99 Å². The van der Waals surface area contributed by atoms with E-state index in [0.717, 1.165) is 29.5 Å². The van der Waals surface area contributed by atoms with Crippen molar-refractivity contribution in [3.8, 4) is 0 Å². The number of aromatic nitrogens is 1. The lowest BCUT2D eigenvalue weighted by Gasteiger charge is -2.32. The summed E-state index contributed by atoms with van der Waals surface area (Å²) in [6, 6.07) is 3.38. The molecule has 1 aliphatic rings. The molecular formula is C22H24F3N3O4S. The van der Waals surface area contributed by atoms with Gasteiger partial charge >= 0.3 is 12.1 Å². The van der Waals surface area contributed by atoms with Crippen molar-refractivity contribution in [2.75, 3.05) is 19.7 Å². The Hall–Kier alpha value is -2.95. The lowest BCUT2D eigenvalue weighted by atomic mass is 9.96. The zero-order chi connectivity index (χ0) is 24.2. The number of hydrogen-bond donors (Lipinski definition) is 0. The van der Waals surface area contributed by atoms with Gasteiger partial charge in [0.15, 0.2) is 4.80 Å². The zero-order valence-corrected chi connectivity index (χ0v) is 19.0. The number of thiazole rings is 1. The summed E-state index contributed by atoms with van der Waals surface area (Å²) < 4.78 is 45.4. The van der Waals surface area contributed by atoms with Crippen molar-refractivity contribution < 1.29 is 32.3 Å². The minimum absolute atomic E-state index is 0.190. The van der Waals surface area contributed by atoms with Crippen molar-refractivity contribution >= 4 is 29.1 Å². The van der Waals surface area contributed by atoms with Crippen LogP contribution in [0.4, 0.5) is 13.2 Å². The van der Waals surface area contributed by atoms with Crippen molar-refractivity contribution in [3.63, 3.8) is 0 Å². The molecule has 0 aliphatic carbocycles. The third-order valence-electron chi connectivity index (χ3n) is 5.45. The summed E-state index contributed by atoms with van der Waals surface area (Å²) in [5.74, 6) is -1.50. The second-order valence-electron chi connectivity index (χ2n) is 7.62. The highest BCUT2D eigenvalue weighted by Crippen LogP contribution is 2.29. The topological polar surface area (TPSA) is 81.0 Å². The van der Waals surface area contributed by atoms with E-state index >= 15 is 0 Å². The molecule has 0 N–H and O–H groups in total. The fraction of sp³-hybridized carbons (Fsp3) is 0.455. The molecule has 1 atom stereocenters. The maximum absolute atomic E-state index is 13.0. The molecule has 2 aromatic rings. The highest BCUT2D eigenvalue weighted by molar-refractivity contribution is 7.07. The monoisotopic (exact) mass is 483 g/mol. The zero-order valence-electron chi connectivity index (χ0n) is 18.2. The first-order valence-corrected chi connectivity index (χ1v) is 11.4. The van der Waals surface area contributed by atoms with E-state index < -0.39 is 23.7 Å². The Morgan fingerprint density at radius 3 is 2.58 bits per heavy atom. The Kier molecular flexibility index (Phi) is 7.72. The van der Waals surface area contributed by atoms with Gasteiger partial charge in [0.25, 0.3) is 5.91 Å². The molecule has 0 radical (unpaired) electrons. The first-order valence-electron chi connectivity index (χ1n) is 10.5. The number of carbonyl (C=O) groups is 3. The molecule has 11 heteroatoms. The fourth-order valence-electron chi connectivity index (χ4n) is 3.62. The van der Waals surface area contributed by atoms with Gasteiger partial charge in [-0.25, -0.2) is 0 Å². The van der Waals surface area contributed by atoms with Gasteiger partial charge < -0.3 is 14.2 Å². The van der Waals surface area contributed by atoms with Crippen molar-refractivity contribution in [2.45, 2.75) is 38.9 Å². The van der Waals surface area contributed by atoms with Crippen molar-refractivity contribution in [3.05, 3.63) is 51.8 Å². The average molecular weight is 484 g/mol. The molecule has 1 fully saturated rings. The molecule has 33 heavy (non-hydrogen) atoms. The normalized spacial score (nSPS) is 16.5. The number of esters is 1. The van der Waals surface area contributed by atoms with Crippen molar-refractivity contribution in [2.24, 2.45) is 10.9 Å². The van der Waals surface area contributed by atoms with Crippen LogP contribution < -0.4 is 4.80 Å². The molecular weight excluding hydrogens is 459 g/mol. The van der Waals surface area contributed by atoms with Gasteiger partial charge in [0.1, 0.15) is 6.04 Å². The first kappa shape index (κ1) is 24.7. The molecule has 0 bridgehead atoms. The maximum Gasteiger partial charge on any atom is 0.416 e. The molecule has 0 saturated carbocycles. The Balaban J connectivity index is 1.73. The van der Waals surface area contributed by atoms with Crippen LogP contribution in [-0.2, 0) is 20.5 Å². The smallest absolute Gasteiger partial charge is 0.416 e. The largest absolute Gasteiger partial charge is 0.466 e. The van der Waals surface area contributed by atoms with Gasteiger partial charge in [-0.3, -0.25) is 14.4 Å². The summed E-state index contributed by atoms with van der Waals surface area (Å²) in [4.78, 5) is 43.2. The predicted octanol–water partition coefficient (Wildman–Crippen LogP) is 3.67. The molecule has 1 aliphatic heterocycles. The summed E-state index contributed by atoms with van der Waals surface area (Å²) in [7, 11) is 0. The number of carbonyl (C=O) groups excluding carboxylic acids is 3. The molecule has 1 aromatic carbocycles. The maximum atomic E-state index is 13.0. The highest BCUT2D eigenvalue weighted by atomic mass is 32.1. The number of ether oxygens (including phenoxy) is 1. The fourth-order valence-corrected chi connectivity index (χ4v) is 4.41. The number of piperidine rings is 1. The third-order valence-corrected chi connectivity index (χ3v) is 6.22. The summed E-state index contributed by atoms with van der Waals surface area (Å²) in [5, 5.41) is 1.65. The molecule has 7 nitrogen and oxygen atoms in total. The lowest BCUT2D eigenvalue weighted by molar-refractivity contribution is -0.151. The van der Waals surface area contributed by atoms with Gasteiger partial charge in [0.2, 0.25) is 5.91 Å². The van der Waals surface area contributed by atoms with E-state index in [-0.39, 0.29) is 28.2 Å². The van der Waals surface area contributed by atoms with Crippen LogP contribution in [0.5, 0.6) is 0 Å². The van der Waals surface area contributed by atoms with Crippen LogP contribution in [0, 0.1) is 5.92 Å². The predicted molar refractivity (Wildman–Crippen MR) is 114 cm³/mol. The minimum Gasteiger partial charge on any atom is -0.466 e. The van der Waals surface area contributed by atoms with Gasteiger partial charge in [-0.15, -0.1) is 11.3 Å². The van der Waals surface area contributed by atoms with Crippen LogP contribution in [0.3, 0.4) is 0 Å². The second kappa shape index (κ2) is 10.3. The first-order chi connectivity index (χ1) is 15.6. The number of alkyl halides is 3. The SMILES string of the molecule is CCOC(=O)C1CCN(C(=O)[C@H](C)n2ccsc2=NC(=O)c2cccc(C(F)(F)F)c2)CC1. The molecule has 2 heterocycles. The number of benzene rings is 1. The van der Waals surface area contributed by atoms with Crippen LogP contribution in [0.15, 0.2) is 40.8 Å². The van der Waals surface area contributed by atoms with Crippen LogP contribution in [0.25, 0.3) is 0 Å². The van der Waals surface area contributed by atoms with E-state index in [0.29, 0.717) is 32.5 Å². The van der Waals surface area contributed by atoms with E-state index in [1.165, 1.54) is 10.6 Å². The summed E-state index contributed by atoms with van der Waals surface area (Å²) >= 11 is 1.11. The van der Waals surface area contributed by atoms with Gasteiger partial charge in [-0.1, -0.05) is 6.07 Å². The van der Waals surface area contributed by atoms with Crippen molar-refractivity contribution in [1.82, 2.24) is 9.47 Å². The summed E-state index contributed by atoms with van der Waals surface area (Å²) in [5.41, 5.74) is -1.12. The number of amides is 2. The Morgan fingerprint density at radius 1 is 1.24 bits per heavy atom. The molecule has 3 rings (SSSR count). The van der Waals surface area contributed by atoms with Gasteiger partial charge in [-0.05, 0) is 44.9 Å². The highest BCUT2D eigenvalue weighted by Gasteiger charge is 2.32. The average Bonchev–Trinajstić information content (AvgIpc) is 3.26. The van der Waals surface area contributed by atoms with Gasteiger partial charge in [0.05, 0.1) is 18.1 Å². The number of nitrogens with zero attached hydrogens (tertiary/aromatic N) is 3. The van der Waals surface area contributed by atoms with E-state index in [1.54, 1.807) is 30.3 Å². The molecule has 1 aromatic heterocycles.